The van der Waals surface area contributed by atoms with Gasteiger partial charge in [0.25, 0.3) is 5.91 Å². The number of nitrogens with one attached hydrogen (secondary N) is 1. The maximum atomic E-state index is 14.5. The predicted octanol–water partition coefficient (Wildman–Crippen LogP) is 4.53. The van der Waals surface area contributed by atoms with E-state index in [1.165, 1.54) is 24.1 Å². The number of rotatable bonds is 6. The van der Waals surface area contributed by atoms with Gasteiger partial charge in [-0.05, 0) is 68.5 Å². The maximum absolute atomic E-state index is 14.5. The maximum Gasteiger partial charge on any atom is 0.255 e. The molecule has 7 heteroatoms. The highest BCUT2D eigenvalue weighted by molar-refractivity contribution is 6.05. The number of carbonyl (C=O) groups excluding carboxylic acids is 2. The second-order valence-corrected chi connectivity index (χ2v) is 7.66. The van der Waals surface area contributed by atoms with Crippen LogP contribution in [-0.2, 0) is 4.79 Å². The second-order valence-electron chi connectivity index (χ2n) is 7.66. The molecule has 1 saturated heterocycles. The Morgan fingerprint density at radius 3 is 2.57 bits per heavy atom. The smallest absolute Gasteiger partial charge is 0.255 e. The number of halogens is 1. The zero-order valence-corrected chi connectivity index (χ0v) is 16.9. The molecule has 1 heterocycles. The van der Waals surface area contributed by atoms with Gasteiger partial charge in [-0.25, -0.2) is 4.39 Å². The first-order valence-corrected chi connectivity index (χ1v) is 10.3. The number of methoxy groups -OCH3 is 1. The van der Waals surface area contributed by atoms with Crippen LogP contribution in [0.1, 0.15) is 48.9 Å². The van der Waals surface area contributed by atoms with Gasteiger partial charge in [0.15, 0.2) is 11.5 Å². The van der Waals surface area contributed by atoms with Crippen molar-refractivity contribution in [3.05, 3.63) is 47.8 Å². The number of hydrogen-bond donors (Lipinski definition) is 1. The lowest BCUT2D eigenvalue weighted by atomic mass is 10.1. The molecule has 0 radical (unpaired) electrons. The molecule has 1 saturated carbocycles. The molecule has 1 N–H and O–H groups in total. The van der Waals surface area contributed by atoms with Gasteiger partial charge in [0, 0.05) is 24.2 Å². The van der Waals surface area contributed by atoms with E-state index < -0.39 is 5.82 Å². The lowest BCUT2D eigenvalue weighted by molar-refractivity contribution is -0.117. The average molecular weight is 412 g/mol. The average Bonchev–Trinajstić information content (AvgIpc) is 3.40. The molecule has 4 rings (SSSR count). The number of nitrogens with zero attached hydrogens (tertiary/aromatic N) is 1. The van der Waals surface area contributed by atoms with Crippen LogP contribution in [0.4, 0.5) is 15.8 Å². The van der Waals surface area contributed by atoms with E-state index in [1.807, 2.05) is 0 Å². The van der Waals surface area contributed by atoms with Gasteiger partial charge in [0.2, 0.25) is 5.91 Å². The van der Waals surface area contributed by atoms with Crippen LogP contribution < -0.4 is 19.7 Å². The van der Waals surface area contributed by atoms with Gasteiger partial charge in [-0.3, -0.25) is 9.59 Å². The summed E-state index contributed by atoms with van der Waals surface area (Å²) in [7, 11) is 1.53. The zero-order chi connectivity index (χ0) is 21.1. The molecular weight excluding hydrogens is 387 g/mol. The van der Waals surface area contributed by atoms with Gasteiger partial charge in [-0.15, -0.1) is 0 Å². The number of anilines is 2. The molecule has 0 spiro atoms. The van der Waals surface area contributed by atoms with Gasteiger partial charge in [-0.2, -0.15) is 0 Å². The Hall–Kier alpha value is -3.09. The summed E-state index contributed by atoms with van der Waals surface area (Å²) in [6.45, 7) is 0.510. The topological polar surface area (TPSA) is 67.9 Å². The normalized spacial score (nSPS) is 16.7. The molecule has 1 aliphatic heterocycles. The highest BCUT2D eigenvalue weighted by Crippen LogP contribution is 2.33. The summed E-state index contributed by atoms with van der Waals surface area (Å²) in [5, 5.41) is 2.69. The molecule has 1 aliphatic carbocycles. The fourth-order valence-corrected chi connectivity index (χ4v) is 4.00. The third-order valence-corrected chi connectivity index (χ3v) is 5.59. The molecule has 158 valence electrons. The molecule has 0 atom stereocenters. The van der Waals surface area contributed by atoms with E-state index in [9.17, 15) is 14.0 Å². The SMILES string of the molecule is COc1cc(C(=O)Nc2ccc(N3CCCC3=O)c(F)c2)ccc1OC1CCCC1. The van der Waals surface area contributed by atoms with Crippen molar-refractivity contribution in [3.8, 4) is 11.5 Å². The Morgan fingerprint density at radius 1 is 1.10 bits per heavy atom. The van der Waals surface area contributed by atoms with Crippen molar-refractivity contribution in [2.75, 3.05) is 23.9 Å². The minimum Gasteiger partial charge on any atom is -0.493 e. The van der Waals surface area contributed by atoms with Gasteiger partial charge in [0.1, 0.15) is 5.82 Å². The molecule has 2 fully saturated rings. The van der Waals surface area contributed by atoms with Crippen molar-refractivity contribution in [3.63, 3.8) is 0 Å². The fraction of sp³-hybridized carbons (Fsp3) is 0.391. The Kier molecular flexibility index (Phi) is 5.88. The molecule has 0 aromatic heterocycles. The molecule has 2 aromatic rings. The lowest BCUT2D eigenvalue weighted by Gasteiger charge is -2.18. The number of benzene rings is 2. The van der Waals surface area contributed by atoms with E-state index in [0.29, 0.717) is 35.7 Å². The summed E-state index contributed by atoms with van der Waals surface area (Å²) in [5.74, 6) is 0.0963. The van der Waals surface area contributed by atoms with Crippen molar-refractivity contribution in [2.24, 2.45) is 0 Å². The first-order chi connectivity index (χ1) is 14.5. The van der Waals surface area contributed by atoms with Crippen LogP contribution in [0.25, 0.3) is 0 Å². The van der Waals surface area contributed by atoms with Crippen LogP contribution >= 0.6 is 0 Å². The summed E-state index contributed by atoms with van der Waals surface area (Å²) in [4.78, 5) is 25.9. The zero-order valence-electron chi connectivity index (χ0n) is 16.9. The van der Waals surface area contributed by atoms with Crippen molar-refractivity contribution in [1.29, 1.82) is 0 Å². The van der Waals surface area contributed by atoms with E-state index in [-0.39, 0.29) is 23.6 Å². The summed E-state index contributed by atoms with van der Waals surface area (Å²) in [6.07, 6.45) is 5.71. The lowest BCUT2D eigenvalue weighted by Crippen LogP contribution is -2.24. The van der Waals surface area contributed by atoms with E-state index in [2.05, 4.69) is 5.32 Å². The first kappa shape index (κ1) is 20.2. The third kappa shape index (κ3) is 4.25. The number of ether oxygens (including phenoxy) is 2. The Bertz CT molecular complexity index is 956. The van der Waals surface area contributed by atoms with Crippen molar-refractivity contribution in [1.82, 2.24) is 0 Å². The summed E-state index contributed by atoms with van der Waals surface area (Å²) < 4.78 is 25.9. The Balaban J connectivity index is 1.46. The molecule has 30 heavy (non-hydrogen) atoms. The van der Waals surface area contributed by atoms with Crippen LogP contribution in [-0.4, -0.2) is 31.6 Å². The van der Waals surface area contributed by atoms with E-state index in [0.717, 1.165) is 32.1 Å². The van der Waals surface area contributed by atoms with Crippen molar-refractivity contribution in [2.45, 2.75) is 44.6 Å². The van der Waals surface area contributed by atoms with Crippen molar-refractivity contribution < 1.29 is 23.5 Å². The predicted molar refractivity (Wildman–Crippen MR) is 112 cm³/mol. The van der Waals surface area contributed by atoms with E-state index in [4.69, 9.17) is 9.47 Å². The van der Waals surface area contributed by atoms with Crippen LogP contribution in [0.5, 0.6) is 11.5 Å². The monoisotopic (exact) mass is 412 g/mol. The van der Waals surface area contributed by atoms with Gasteiger partial charge in [0.05, 0.1) is 18.9 Å². The third-order valence-electron chi connectivity index (χ3n) is 5.59. The van der Waals surface area contributed by atoms with Crippen LogP contribution in [0.3, 0.4) is 0 Å². The highest BCUT2D eigenvalue weighted by atomic mass is 19.1. The first-order valence-electron chi connectivity index (χ1n) is 10.3. The van der Waals surface area contributed by atoms with E-state index in [1.54, 1.807) is 24.3 Å². The molecule has 2 amide bonds. The van der Waals surface area contributed by atoms with Gasteiger partial charge < -0.3 is 19.7 Å². The largest absolute Gasteiger partial charge is 0.493 e. The summed E-state index contributed by atoms with van der Waals surface area (Å²) >= 11 is 0. The number of hydrogen-bond acceptors (Lipinski definition) is 4. The molecule has 0 unspecified atom stereocenters. The second kappa shape index (κ2) is 8.73. The van der Waals surface area contributed by atoms with Crippen molar-refractivity contribution >= 4 is 23.2 Å². The number of carbonyl (C=O) groups is 2. The molecule has 6 nitrogen and oxygen atoms in total. The minimum atomic E-state index is -0.541. The minimum absolute atomic E-state index is 0.0855. The fourth-order valence-electron chi connectivity index (χ4n) is 4.00. The Morgan fingerprint density at radius 2 is 1.90 bits per heavy atom. The van der Waals surface area contributed by atoms with Crippen LogP contribution in [0.2, 0.25) is 0 Å². The molecule has 2 aromatic carbocycles. The Labute approximate surface area is 175 Å². The van der Waals surface area contributed by atoms with E-state index >= 15 is 0 Å². The molecular formula is C23H25FN2O4. The standard InChI is InChI=1S/C23H25FN2O4/c1-29-21-13-15(8-11-20(21)30-17-5-2-3-6-17)23(28)25-16-9-10-19(18(24)14-16)26-12-4-7-22(26)27/h8-11,13-14,17H,2-7,12H2,1H3,(H,25,28). The quantitative estimate of drug-likeness (QED) is 0.757. The van der Waals surface area contributed by atoms with Crippen LogP contribution in [0.15, 0.2) is 36.4 Å². The van der Waals surface area contributed by atoms with Crippen LogP contribution in [0, 0.1) is 5.82 Å². The van der Waals surface area contributed by atoms with Gasteiger partial charge >= 0.3 is 0 Å². The summed E-state index contributed by atoms with van der Waals surface area (Å²) in [5.41, 5.74) is 0.938. The highest BCUT2D eigenvalue weighted by Gasteiger charge is 2.24. The number of amides is 2. The van der Waals surface area contributed by atoms with Gasteiger partial charge in [-0.1, -0.05) is 0 Å². The summed E-state index contributed by atoms with van der Waals surface area (Å²) in [6, 6.07) is 9.36. The molecule has 0 bridgehead atoms. The molecule has 2 aliphatic rings.